The number of anilines is 1. The van der Waals surface area contributed by atoms with Crippen LogP contribution in [0.5, 0.6) is 5.75 Å². The fraction of sp³-hybridized carbons (Fsp3) is 0.176. The molecule has 1 aromatic carbocycles. The Morgan fingerprint density at radius 3 is 2.72 bits per heavy atom. The molecule has 0 atom stereocenters. The smallest absolute Gasteiger partial charge is 0.236 e. The quantitative estimate of drug-likeness (QED) is 0.526. The fourth-order valence-corrected chi connectivity index (χ4v) is 3.36. The first-order valence-electron chi connectivity index (χ1n) is 7.46. The minimum absolute atomic E-state index is 0.127. The first-order chi connectivity index (χ1) is 12.1. The molecule has 25 heavy (non-hydrogen) atoms. The van der Waals surface area contributed by atoms with Crippen molar-refractivity contribution >= 4 is 34.1 Å². The summed E-state index contributed by atoms with van der Waals surface area (Å²) in [7, 11) is 1.63. The Morgan fingerprint density at radius 2 is 2.04 bits per heavy atom. The van der Waals surface area contributed by atoms with E-state index >= 15 is 0 Å². The Balaban J connectivity index is 1.62. The first-order valence-corrected chi connectivity index (χ1v) is 9.33. The molecule has 2 aromatic heterocycles. The van der Waals surface area contributed by atoms with Gasteiger partial charge in [0.25, 0.3) is 0 Å². The van der Waals surface area contributed by atoms with Crippen LogP contribution in [0.2, 0.25) is 0 Å². The lowest BCUT2D eigenvalue weighted by Gasteiger charge is -2.05. The average Bonchev–Trinajstić information content (AvgIpc) is 3.05. The number of nitrogens with zero attached hydrogens (tertiary/aromatic N) is 3. The van der Waals surface area contributed by atoms with Crippen molar-refractivity contribution in [3.05, 3.63) is 47.6 Å². The van der Waals surface area contributed by atoms with Crippen molar-refractivity contribution < 1.29 is 9.53 Å². The normalized spacial score (nSPS) is 10.5. The topological polar surface area (TPSA) is 77.0 Å². The van der Waals surface area contributed by atoms with E-state index in [1.54, 1.807) is 13.3 Å². The molecule has 0 aliphatic carbocycles. The van der Waals surface area contributed by atoms with Crippen molar-refractivity contribution in [1.82, 2.24) is 15.0 Å². The molecule has 1 amide bonds. The summed E-state index contributed by atoms with van der Waals surface area (Å²) in [5.74, 6) is 0.893. The number of nitrogens with one attached hydrogen (secondary N) is 1. The number of aromatic nitrogens is 3. The van der Waals surface area contributed by atoms with Gasteiger partial charge in [-0.3, -0.25) is 4.79 Å². The molecule has 1 N–H and O–H groups in total. The van der Waals surface area contributed by atoms with E-state index in [1.165, 1.54) is 23.1 Å². The summed E-state index contributed by atoms with van der Waals surface area (Å²) in [6.07, 6.45) is 1.69. The van der Waals surface area contributed by atoms with Gasteiger partial charge >= 0.3 is 0 Å². The second-order valence-electron chi connectivity index (χ2n) is 5.08. The van der Waals surface area contributed by atoms with Gasteiger partial charge in [0.05, 0.1) is 24.3 Å². The number of ether oxygens (including phenoxy) is 1. The Kier molecular flexibility index (Phi) is 5.62. The number of amides is 1. The van der Waals surface area contributed by atoms with Gasteiger partial charge in [-0.05, 0) is 37.3 Å². The molecule has 3 rings (SSSR count). The molecule has 6 nitrogen and oxygen atoms in total. The summed E-state index contributed by atoms with van der Waals surface area (Å²) in [5, 5.41) is 5.83. The van der Waals surface area contributed by atoms with Gasteiger partial charge in [0.15, 0.2) is 10.3 Å². The van der Waals surface area contributed by atoms with Crippen molar-refractivity contribution in [2.45, 2.75) is 12.1 Å². The SMILES string of the molecule is COc1ccc(-c2ccnc(SCC(=O)Nc3nc(C)cs3)n2)cc1. The van der Waals surface area contributed by atoms with Crippen LogP contribution in [0.15, 0.2) is 47.1 Å². The Labute approximate surface area is 153 Å². The number of methoxy groups -OCH3 is 1. The molecule has 0 radical (unpaired) electrons. The molecular formula is C17H16N4O2S2. The zero-order valence-electron chi connectivity index (χ0n) is 13.7. The van der Waals surface area contributed by atoms with Crippen molar-refractivity contribution in [3.8, 4) is 17.0 Å². The van der Waals surface area contributed by atoms with Crippen LogP contribution >= 0.6 is 23.1 Å². The largest absolute Gasteiger partial charge is 0.497 e. The fourth-order valence-electron chi connectivity index (χ4n) is 2.03. The highest BCUT2D eigenvalue weighted by Gasteiger charge is 2.09. The molecule has 0 bridgehead atoms. The van der Waals surface area contributed by atoms with Gasteiger partial charge in [-0.1, -0.05) is 11.8 Å². The zero-order chi connectivity index (χ0) is 17.6. The first kappa shape index (κ1) is 17.4. The van der Waals surface area contributed by atoms with Crippen LogP contribution in [0, 0.1) is 6.92 Å². The molecule has 0 fully saturated rings. The van der Waals surface area contributed by atoms with E-state index in [9.17, 15) is 4.79 Å². The van der Waals surface area contributed by atoms with Crippen LogP contribution in [0.25, 0.3) is 11.3 Å². The van der Waals surface area contributed by atoms with Gasteiger partial charge in [-0.25, -0.2) is 15.0 Å². The van der Waals surface area contributed by atoms with Gasteiger partial charge in [0.2, 0.25) is 5.91 Å². The number of hydrogen-bond acceptors (Lipinski definition) is 7. The Morgan fingerprint density at radius 1 is 1.24 bits per heavy atom. The molecule has 0 aliphatic heterocycles. The molecule has 128 valence electrons. The molecule has 0 aliphatic rings. The minimum atomic E-state index is -0.127. The molecule has 0 saturated carbocycles. The highest BCUT2D eigenvalue weighted by Crippen LogP contribution is 2.23. The number of hydrogen-bond donors (Lipinski definition) is 1. The predicted octanol–water partition coefficient (Wildman–Crippen LogP) is 3.65. The standard InChI is InChI=1S/C17H16N4O2S2/c1-11-9-24-17(19-11)21-15(22)10-25-16-18-8-7-14(20-16)12-3-5-13(23-2)6-4-12/h3-9H,10H2,1-2H3,(H,19,21,22). The molecule has 3 aromatic rings. The maximum atomic E-state index is 12.0. The summed E-state index contributed by atoms with van der Waals surface area (Å²) in [6, 6.07) is 9.48. The number of carbonyl (C=O) groups excluding carboxylic acids is 1. The van der Waals surface area contributed by atoms with Crippen LogP contribution in [0.3, 0.4) is 0 Å². The maximum absolute atomic E-state index is 12.0. The van der Waals surface area contributed by atoms with Crippen molar-refractivity contribution in [3.63, 3.8) is 0 Å². The Bertz CT molecular complexity index is 865. The third kappa shape index (κ3) is 4.77. The lowest BCUT2D eigenvalue weighted by atomic mass is 10.1. The molecular weight excluding hydrogens is 356 g/mol. The molecule has 8 heteroatoms. The average molecular weight is 372 g/mol. The second kappa shape index (κ2) is 8.09. The van der Waals surface area contributed by atoms with E-state index < -0.39 is 0 Å². The number of thioether (sulfide) groups is 1. The molecule has 0 unspecified atom stereocenters. The van der Waals surface area contributed by atoms with E-state index in [0.717, 1.165) is 22.7 Å². The van der Waals surface area contributed by atoms with Gasteiger partial charge in [-0.15, -0.1) is 11.3 Å². The van der Waals surface area contributed by atoms with E-state index in [-0.39, 0.29) is 11.7 Å². The minimum Gasteiger partial charge on any atom is -0.497 e. The monoisotopic (exact) mass is 372 g/mol. The van der Waals surface area contributed by atoms with Gasteiger partial charge in [-0.2, -0.15) is 0 Å². The van der Waals surface area contributed by atoms with Crippen LogP contribution in [0.1, 0.15) is 5.69 Å². The number of carbonyl (C=O) groups is 1. The van der Waals surface area contributed by atoms with Gasteiger partial charge < -0.3 is 10.1 Å². The maximum Gasteiger partial charge on any atom is 0.236 e. The third-order valence-electron chi connectivity index (χ3n) is 3.22. The molecule has 0 saturated heterocycles. The summed E-state index contributed by atoms with van der Waals surface area (Å²) in [6.45, 7) is 1.89. The van der Waals surface area contributed by atoms with E-state index in [2.05, 4.69) is 20.3 Å². The van der Waals surface area contributed by atoms with Gasteiger partial charge in [0, 0.05) is 17.1 Å². The number of aryl methyl sites for hydroxylation is 1. The van der Waals surface area contributed by atoms with Crippen molar-refractivity contribution in [2.75, 3.05) is 18.2 Å². The number of thiazole rings is 1. The van der Waals surface area contributed by atoms with Crippen molar-refractivity contribution in [1.29, 1.82) is 0 Å². The second-order valence-corrected chi connectivity index (χ2v) is 6.88. The van der Waals surface area contributed by atoms with E-state index in [0.29, 0.717) is 10.3 Å². The lowest BCUT2D eigenvalue weighted by molar-refractivity contribution is -0.113. The molecule has 0 spiro atoms. The van der Waals surface area contributed by atoms with Crippen LogP contribution in [-0.2, 0) is 4.79 Å². The van der Waals surface area contributed by atoms with Crippen LogP contribution in [-0.4, -0.2) is 33.7 Å². The summed E-state index contributed by atoms with van der Waals surface area (Å²) in [5.41, 5.74) is 2.66. The Hall–Kier alpha value is -2.45. The predicted molar refractivity (Wildman–Crippen MR) is 100 cm³/mol. The summed E-state index contributed by atoms with van der Waals surface area (Å²) >= 11 is 2.70. The van der Waals surface area contributed by atoms with E-state index in [4.69, 9.17) is 4.74 Å². The zero-order valence-corrected chi connectivity index (χ0v) is 15.4. The lowest BCUT2D eigenvalue weighted by Crippen LogP contribution is -2.14. The summed E-state index contributed by atoms with van der Waals surface area (Å²) < 4.78 is 5.16. The summed E-state index contributed by atoms with van der Waals surface area (Å²) in [4.78, 5) is 24.9. The van der Waals surface area contributed by atoms with Crippen molar-refractivity contribution in [2.24, 2.45) is 0 Å². The highest BCUT2D eigenvalue weighted by molar-refractivity contribution is 7.99. The van der Waals surface area contributed by atoms with E-state index in [1.807, 2.05) is 42.6 Å². The number of rotatable bonds is 6. The van der Waals surface area contributed by atoms with Crippen LogP contribution in [0.4, 0.5) is 5.13 Å². The number of benzene rings is 1. The third-order valence-corrected chi connectivity index (χ3v) is 4.95. The van der Waals surface area contributed by atoms with Crippen LogP contribution < -0.4 is 10.1 Å². The molecule has 2 heterocycles. The highest BCUT2D eigenvalue weighted by atomic mass is 32.2. The van der Waals surface area contributed by atoms with Gasteiger partial charge in [0.1, 0.15) is 5.75 Å².